The molecule has 0 aromatic heterocycles. The molecule has 0 radical (unpaired) electrons. The van der Waals surface area contributed by atoms with Gasteiger partial charge in [-0.3, -0.25) is 0 Å². The average molecular weight is 367 g/mol. The fraction of sp³-hybridized carbons (Fsp3) is 0.455. The third-order valence-electron chi connectivity index (χ3n) is 2.47. The first-order chi connectivity index (χ1) is 9.18. The molecule has 0 unspecified atom stereocenters. The monoisotopic (exact) mass is 366 g/mol. The lowest BCUT2D eigenvalue weighted by molar-refractivity contribution is -0.137. The van der Waals surface area contributed by atoms with Crippen LogP contribution in [0.2, 0.25) is 5.02 Å². The number of rotatable bonds is 6. The SMILES string of the molecule is Cl.NCCCCNS(=O)(=O)c1ccc(C(F)(F)F)cc1Cl. The molecule has 1 aromatic rings. The Kier molecular flexibility index (Phi) is 7.98. The van der Waals surface area contributed by atoms with Crippen molar-refractivity contribution >= 4 is 34.0 Å². The van der Waals surface area contributed by atoms with E-state index in [4.69, 9.17) is 17.3 Å². The van der Waals surface area contributed by atoms with Gasteiger partial charge in [0.25, 0.3) is 0 Å². The molecule has 0 atom stereocenters. The van der Waals surface area contributed by atoms with Crippen LogP contribution in [0.3, 0.4) is 0 Å². The zero-order valence-corrected chi connectivity index (χ0v) is 13.2. The van der Waals surface area contributed by atoms with Gasteiger partial charge in [-0.2, -0.15) is 13.2 Å². The summed E-state index contributed by atoms with van der Waals surface area (Å²) in [5.74, 6) is 0. The van der Waals surface area contributed by atoms with Crippen LogP contribution >= 0.6 is 24.0 Å². The second-order valence-electron chi connectivity index (χ2n) is 4.04. The predicted molar refractivity (Wildman–Crippen MR) is 77.2 cm³/mol. The number of alkyl halides is 3. The third-order valence-corrected chi connectivity index (χ3v) is 4.42. The number of halogens is 5. The molecule has 0 aliphatic carbocycles. The lowest BCUT2D eigenvalue weighted by atomic mass is 10.2. The molecule has 10 heteroatoms. The Morgan fingerprint density at radius 2 is 1.86 bits per heavy atom. The molecule has 1 aromatic carbocycles. The first kappa shape index (κ1) is 20.5. The Morgan fingerprint density at radius 3 is 2.33 bits per heavy atom. The van der Waals surface area contributed by atoms with Crippen LogP contribution in [-0.4, -0.2) is 21.5 Å². The standard InChI is InChI=1S/C11H14ClF3N2O2S.ClH/c12-9-7-8(11(13,14)15)3-4-10(9)20(18,19)17-6-2-1-5-16;/h3-4,7,17H,1-2,5-6,16H2;1H. The topological polar surface area (TPSA) is 72.2 Å². The number of benzene rings is 1. The lowest BCUT2D eigenvalue weighted by Crippen LogP contribution is -2.25. The van der Waals surface area contributed by atoms with Crippen molar-refractivity contribution in [1.82, 2.24) is 4.72 Å². The second kappa shape index (κ2) is 8.19. The summed E-state index contributed by atoms with van der Waals surface area (Å²) in [4.78, 5) is -0.375. The van der Waals surface area contributed by atoms with Crippen LogP contribution < -0.4 is 10.5 Å². The van der Waals surface area contributed by atoms with Crippen molar-refractivity contribution in [3.63, 3.8) is 0 Å². The van der Waals surface area contributed by atoms with E-state index >= 15 is 0 Å². The summed E-state index contributed by atoms with van der Waals surface area (Å²) in [5, 5.41) is -0.467. The van der Waals surface area contributed by atoms with Crippen molar-refractivity contribution in [2.45, 2.75) is 23.9 Å². The van der Waals surface area contributed by atoms with Crippen molar-refractivity contribution in [3.8, 4) is 0 Å². The molecule has 0 fully saturated rings. The minimum atomic E-state index is -4.57. The molecule has 0 bridgehead atoms. The van der Waals surface area contributed by atoms with Crippen LogP contribution in [0.25, 0.3) is 0 Å². The first-order valence-electron chi connectivity index (χ1n) is 5.75. The van der Waals surface area contributed by atoms with Gasteiger partial charge in [0.1, 0.15) is 4.90 Å². The molecule has 0 saturated carbocycles. The van der Waals surface area contributed by atoms with Gasteiger partial charge in [0, 0.05) is 6.54 Å². The summed E-state index contributed by atoms with van der Waals surface area (Å²) in [6.07, 6.45) is -3.39. The first-order valence-corrected chi connectivity index (χ1v) is 7.61. The Labute approximate surface area is 132 Å². The Bertz CT molecular complexity index is 565. The molecule has 3 N–H and O–H groups in total. The molecule has 0 saturated heterocycles. The molecular weight excluding hydrogens is 352 g/mol. The van der Waals surface area contributed by atoms with Gasteiger partial charge in [-0.1, -0.05) is 11.6 Å². The predicted octanol–water partition coefficient (Wildman–Crippen LogP) is 2.80. The number of nitrogens with two attached hydrogens (primary N) is 1. The summed E-state index contributed by atoms with van der Waals surface area (Å²) in [5.41, 5.74) is 4.27. The maximum atomic E-state index is 12.4. The number of unbranched alkanes of at least 4 members (excludes halogenated alkanes) is 1. The van der Waals surface area contributed by atoms with Gasteiger partial charge in [0.15, 0.2) is 0 Å². The quantitative estimate of drug-likeness (QED) is 0.760. The van der Waals surface area contributed by atoms with Crippen molar-refractivity contribution in [2.75, 3.05) is 13.1 Å². The van der Waals surface area contributed by atoms with E-state index in [0.29, 0.717) is 31.5 Å². The summed E-state index contributed by atoms with van der Waals surface area (Å²) in [7, 11) is -3.92. The highest BCUT2D eigenvalue weighted by molar-refractivity contribution is 7.89. The van der Waals surface area contributed by atoms with Crippen LogP contribution in [0, 0.1) is 0 Å². The van der Waals surface area contributed by atoms with E-state index in [0.717, 1.165) is 6.07 Å². The Hall–Kier alpha value is -0.540. The number of hydrogen-bond acceptors (Lipinski definition) is 3. The van der Waals surface area contributed by atoms with E-state index < -0.39 is 26.8 Å². The summed E-state index contributed by atoms with van der Waals surface area (Å²) in [6, 6.07) is 2.12. The fourth-order valence-corrected chi connectivity index (χ4v) is 3.07. The minimum absolute atomic E-state index is 0. The van der Waals surface area contributed by atoms with Gasteiger partial charge in [0.2, 0.25) is 10.0 Å². The smallest absolute Gasteiger partial charge is 0.330 e. The molecule has 21 heavy (non-hydrogen) atoms. The van der Waals surface area contributed by atoms with Gasteiger partial charge in [-0.15, -0.1) is 12.4 Å². The summed E-state index contributed by atoms with van der Waals surface area (Å²) in [6.45, 7) is 0.583. The summed E-state index contributed by atoms with van der Waals surface area (Å²) < 4.78 is 63.3. The molecule has 4 nitrogen and oxygen atoms in total. The van der Waals surface area contributed by atoms with Crippen LogP contribution in [0.5, 0.6) is 0 Å². The Balaban J connectivity index is 0.00000400. The van der Waals surface area contributed by atoms with E-state index in [1.54, 1.807) is 0 Å². The van der Waals surface area contributed by atoms with Gasteiger partial charge in [-0.25, -0.2) is 13.1 Å². The highest BCUT2D eigenvalue weighted by Crippen LogP contribution is 2.33. The van der Waals surface area contributed by atoms with Gasteiger partial charge < -0.3 is 5.73 Å². The maximum absolute atomic E-state index is 12.4. The zero-order chi connectivity index (χ0) is 15.4. The van der Waals surface area contributed by atoms with Gasteiger partial charge in [-0.05, 0) is 37.6 Å². The van der Waals surface area contributed by atoms with Crippen molar-refractivity contribution in [1.29, 1.82) is 0 Å². The third kappa shape index (κ3) is 5.99. The van der Waals surface area contributed by atoms with Crippen LogP contribution in [0.15, 0.2) is 23.1 Å². The van der Waals surface area contributed by atoms with Crippen molar-refractivity contribution in [3.05, 3.63) is 28.8 Å². The van der Waals surface area contributed by atoms with E-state index in [1.807, 2.05) is 0 Å². The molecule has 122 valence electrons. The van der Waals surface area contributed by atoms with E-state index in [2.05, 4.69) is 4.72 Å². The minimum Gasteiger partial charge on any atom is -0.330 e. The average Bonchev–Trinajstić information content (AvgIpc) is 2.33. The molecule has 1 rings (SSSR count). The Morgan fingerprint density at radius 1 is 1.24 bits per heavy atom. The van der Waals surface area contributed by atoms with E-state index in [1.165, 1.54) is 0 Å². The highest BCUT2D eigenvalue weighted by atomic mass is 35.5. The zero-order valence-electron chi connectivity index (χ0n) is 10.8. The van der Waals surface area contributed by atoms with E-state index in [9.17, 15) is 21.6 Å². The second-order valence-corrected chi connectivity index (χ2v) is 6.18. The van der Waals surface area contributed by atoms with Crippen LogP contribution in [0.1, 0.15) is 18.4 Å². The van der Waals surface area contributed by atoms with Crippen molar-refractivity contribution in [2.24, 2.45) is 5.73 Å². The normalized spacial score (nSPS) is 12.0. The van der Waals surface area contributed by atoms with Gasteiger partial charge >= 0.3 is 6.18 Å². The van der Waals surface area contributed by atoms with Crippen LogP contribution in [0.4, 0.5) is 13.2 Å². The van der Waals surface area contributed by atoms with Gasteiger partial charge in [0.05, 0.1) is 10.6 Å². The molecule has 0 spiro atoms. The maximum Gasteiger partial charge on any atom is 0.416 e. The molecule has 0 aliphatic heterocycles. The lowest BCUT2D eigenvalue weighted by Gasteiger charge is -2.11. The number of nitrogens with one attached hydrogen (secondary N) is 1. The van der Waals surface area contributed by atoms with E-state index in [-0.39, 0.29) is 23.8 Å². The largest absolute Gasteiger partial charge is 0.416 e. The number of sulfonamides is 1. The van der Waals surface area contributed by atoms with Crippen molar-refractivity contribution < 1.29 is 21.6 Å². The van der Waals surface area contributed by atoms with Crippen LogP contribution in [-0.2, 0) is 16.2 Å². The molecular formula is C11H15Cl2F3N2O2S. The molecule has 0 aliphatic rings. The number of hydrogen-bond donors (Lipinski definition) is 2. The summed E-state index contributed by atoms with van der Waals surface area (Å²) >= 11 is 5.62. The fourth-order valence-electron chi connectivity index (χ4n) is 1.45. The molecule has 0 heterocycles. The highest BCUT2D eigenvalue weighted by Gasteiger charge is 2.32. The molecule has 0 amide bonds.